The van der Waals surface area contributed by atoms with Gasteiger partial charge in [-0.25, -0.2) is 8.78 Å². The Hall–Kier alpha value is -2.53. The predicted molar refractivity (Wildman–Crippen MR) is 97.3 cm³/mol. The Morgan fingerprint density at radius 2 is 2.04 bits per heavy atom. The van der Waals surface area contributed by atoms with Crippen LogP contribution in [-0.2, 0) is 9.59 Å². The van der Waals surface area contributed by atoms with Crippen LogP contribution >= 0.6 is 23.1 Å². The average Bonchev–Trinajstić information content (AvgIpc) is 3.07. The molecule has 1 heterocycles. The Balaban J connectivity index is 1.70. The molecule has 1 aromatic carbocycles. The van der Waals surface area contributed by atoms with E-state index in [1.165, 1.54) is 29.2 Å². The van der Waals surface area contributed by atoms with E-state index in [1.807, 2.05) is 0 Å². The summed E-state index contributed by atoms with van der Waals surface area (Å²) in [5.41, 5.74) is 0.103. The summed E-state index contributed by atoms with van der Waals surface area (Å²) in [4.78, 5) is 23.5. The topological polar surface area (TPSA) is 96.0 Å². The van der Waals surface area contributed by atoms with Gasteiger partial charge in [0.25, 0.3) is 0 Å². The molecule has 0 fully saturated rings. The van der Waals surface area contributed by atoms with Gasteiger partial charge >= 0.3 is 0 Å². The highest BCUT2D eigenvalue weighted by molar-refractivity contribution is 8.01. The van der Waals surface area contributed by atoms with E-state index < -0.39 is 17.5 Å². The molecular weight excluding hydrogens is 384 g/mol. The minimum absolute atomic E-state index is 0.0640. The first-order valence-electron chi connectivity index (χ1n) is 7.30. The molecule has 26 heavy (non-hydrogen) atoms. The monoisotopic (exact) mass is 399 g/mol. The van der Waals surface area contributed by atoms with Gasteiger partial charge in [-0.1, -0.05) is 29.2 Å². The number of rotatable bonds is 9. The number of benzene rings is 1. The number of carbonyl (C=O) groups is 2. The minimum atomic E-state index is -1.07. The van der Waals surface area contributed by atoms with E-state index in [0.717, 1.165) is 12.1 Å². The number of nitrogens with one attached hydrogen (secondary N) is 3. The fraction of sp³-hybridized carbons (Fsp3) is 0.200. The molecule has 2 aromatic rings. The van der Waals surface area contributed by atoms with Crippen molar-refractivity contribution in [3.63, 3.8) is 0 Å². The summed E-state index contributed by atoms with van der Waals surface area (Å²) in [5.74, 6) is -2.93. The van der Waals surface area contributed by atoms with Crippen molar-refractivity contribution in [1.29, 1.82) is 0 Å². The van der Waals surface area contributed by atoms with Crippen LogP contribution in [0, 0.1) is 11.6 Å². The first-order valence-corrected chi connectivity index (χ1v) is 9.11. The van der Waals surface area contributed by atoms with Gasteiger partial charge in [-0.05, 0) is 12.1 Å². The quantitative estimate of drug-likeness (QED) is 0.442. The maximum Gasteiger partial charge on any atom is 0.243 e. The van der Waals surface area contributed by atoms with Gasteiger partial charge in [-0.3, -0.25) is 9.59 Å². The molecule has 1 aromatic heterocycles. The highest BCUT2D eigenvalue weighted by Gasteiger charge is 2.10. The summed E-state index contributed by atoms with van der Waals surface area (Å²) in [6.45, 7) is 3.85. The van der Waals surface area contributed by atoms with E-state index in [1.54, 1.807) is 6.08 Å². The molecule has 3 N–H and O–H groups in total. The SMILES string of the molecule is C=CCNc1nnc(SCC(=O)NCC(=O)Nc2ccc(F)c(F)c2)s1. The van der Waals surface area contributed by atoms with Gasteiger partial charge in [-0.15, -0.1) is 16.8 Å². The van der Waals surface area contributed by atoms with Gasteiger partial charge in [0.05, 0.1) is 12.3 Å². The Labute approximate surface area is 156 Å². The highest BCUT2D eigenvalue weighted by atomic mass is 32.2. The molecule has 0 saturated carbocycles. The second kappa shape index (κ2) is 9.82. The van der Waals surface area contributed by atoms with Gasteiger partial charge in [0.15, 0.2) is 16.0 Å². The van der Waals surface area contributed by atoms with Crippen LogP contribution in [0.5, 0.6) is 0 Å². The number of aromatic nitrogens is 2. The Bertz CT molecular complexity index is 800. The molecule has 0 radical (unpaired) electrons. The van der Waals surface area contributed by atoms with Gasteiger partial charge in [-0.2, -0.15) is 0 Å². The van der Waals surface area contributed by atoms with Gasteiger partial charge < -0.3 is 16.0 Å². The van der Waals surface area contributed by atoms with Crippen LogP contribution in [0.2, 0.25) is 0 Å². The number of thioether (sulfide) groups is 1. The largest absolute Gasteiger partial charge is 0.357 e. The Morgan fingerprint density at radius 1 is 1.23 bits per heavy atom. The first-order chi connectivity index (χ1) is 12.5. The van der Waals surface area contributed by atoms with Crippen molar-refractivity contribution in [1.82, 2.24) is 15.5 Å². The summed E-state index contributed by atoms with van der Waals surface area (Å²) in [6.07, 6.45) is 1.69. The number of hydrogen-bond acceptors (Lipinski definition) is 7. The summed E-state index contributed by atoms with van der Waals surface area (Å²) in [5, 5.41) is 16.2. The fourth-order valence-electron chi connectivity index (χ4n) is 1.64. The number of halogens is 2. The predicted octanol–water partition coefficient (Wildman–Crippen LogP) is 2.26. The van der Waals surface area contributed by atoms with Crippen LogP contribution in [0.3, 0.4) is 0 Å². The normalized spacial score (nSPS) is 10.2. The average molecular weight is 399 g/mol. The molecule has 0 aliphatic rings. The Kier molecular flexibility index (Phi) is 7.48. The molecular formula is C15H15F2N5O2S2. The molecule has 2 rings (SSSR count). The minimum Gasteiger partial charge on any atom is -0.357 e. The van der Waals surface area contributed by atoms with E-state index >= 15 is 0 Å². The molecule has 138 valence electrons. The second-order valence-corrected chi connectivity index (χ2v) is 6.99. The number of anilines is 2. The molecule has 0 spiro atoms. The van der Waals surface area contributed by atoms with Crippen LogP contribution < -0.4 is 16.0 Å². The van der Waals surface area contributed by atoms with Crippen molar-refractivity contribution in [2.75, 3.05) is 29.5 Å². The number of hydrogen-bond donors (Lipinski definition) is 3. The van der Waals surface area contributed by atoms with Crippen molar-refractivity contribution in [2.24, 2.45) is 0 Å². The summed E-state index contributed by atoms with van der Waals surface area (Å²) in [7, 11) is 0. The standard InChI is InChI=1S/C15H15F2N5O2S2/c1-2-5-18-14-21-22-15(26-14)25-8-13(24)19-7-12(23)20-9-3-4-10(16)11(17)6-9/h2-4,6H,1,5,7-8H2,(H,18,21)(H,19,24)(H,20,23). The van der Waals surface area contributed by atoms with E-state index in [-0.39, 0.29) is 23.9 Å². The van der Waals surface area contributed by atoms with Crippen molar-refractivity contribution in [2.45, 2.75) is 4.34 Å². The molecule has 0 saturated heterocycles. The van der Waals surface area contributed by atoms with Crippen molar-refractivity contribution in [3.8, 4) is 0 Å². The van der Waals surface area contributed by atoms with Crippen molar-refractivity contribution < 1.29 is 18.4 Å². The maximum atomic E-state index is 13.1. The number of carbonyl (C=O) groups excluding carboxylic acids is 2. The molecule has 11 heteroatoms. The lowest BCUT2D eigenvalue weighted by molar-refractivity contribution is -0.122. The maximum absolute atomic E-state index is 13.1. The van der Waals surface area contributed by atoms with Gasteiger partial charge in [0.2, 0.25) is 16.9 Å². The second-order valence-electron chi connectivity index (χ2n) is 4.79. The van der Waals surface area contributed by atoms with Crippen LogP contribution in [0.1, 0.15) is 0 Å². The lowest BCUT2D eigenvalue weighted by atomic mass is 10.3. The zero-order valence-electron chi connectivity index (χ0n) is 13.4. The van der Waals surface area contributed by atoms with Crippen molar-refractivity contribution in [3.05, 3.63) is 42.5 Å². The lowest BCUT2D eigenvalue weighted by Crippen LogP contribution is -2.33. The van der Waals surface area contributed by atoms with E-state index in [2.05, 4.69) is 32.7 Å². The molecule has 0 aliphatic carbocycles. The van der Waals surface area contributed by atoms with Crippen LogP contribution in [0.4, 0.5) is 19.6 Å². The van der Waals surface area contributed by atoms with Crippen LogP contribution in [-0.4, -0.2) is 40.9 Å². The zero-order valence-corrected chi connectivity index (χ0v) is 15.1. The molecule has 0 bridgehead atoms. The highest BCUT2D eigenvalue weighted by Crippen LogP contribution is 2.25. The van der Waals surface area contributed by atoms with E-state index in [9.17, 15) is 18.4 Å². The third-order valence-electron chi connectivity index (χ3n) is 2.78. The zero-order chi connectivity index (χ0) is 18.9. The van der Waals surface area contributed by atoms with Crippen molar-refractivity contribution >= 4 is 45.7 Å². The summed E-state index contributed by atoms with van der Waals surface area (Å²) < 4.78 is 26.5. The molecule has 0 aliphatic heterocycles. The van der Waals surface area contributed by atoms with E-state index in [4.69, 9.17) is 0 Å². The first kappa shape index (κ1) is 19.8. The van der Waals surface area contributed by atoms with Gasteiger partial charge in [0, 0.05) is 18.3 Å². The van der Waals surface area contributed by atoms with Gasteiger partial charge in [0.1, 0.15) is 0 Å². The molecule has 2 amide bonds. The van der Waals surface area contributed by atoms with E-state index in [0.29, 0.717) is 16.0 Å². The third-order valence-corrected chi connectivity index (χ3v) is 4.79. The number of nitrogens with zero attached hydrogens (tertiary/aromatic N) is 2. The lowest BCUT2D eigenvalue weighted by Gasteiger charge is -2.07. The molecule has 0 atom stereocenters. The third kappa shape index (κ3) is 6.41. The smallest absolute Gasteiger partial charge is 0.243 e. The summed E-state index contributed by atoms with van der Waals surface area (Å²) >= 11 is 2.49. The molecule has 0 unspecified atom stereocenters. The number of amides is 2. The fourth-order valence-corrected chi connectivity index (χ4v) is 3.22. The molecule has 7 nitrogen and oxygen atoms in total. The summed E-state index contributed by atoms with van der Waals surface area (Å²) in [6, 6.07) is 2.99. The Morgan fingerprint density at radius 3 is 2.77 bits per heavy atom. The van der Waals surface area contributed by atoms with Crippen LogP contribution in [0.25, 0.3) is 0 Å². The van der Waals surface area contributed by atoms with Crippen LogP contribution in [0.15, 0.2) is 35.2 Å².